The van der Waals surface area contributed by atoms with E-state index in [4.69, 9.17) is 4.99 Å². The summed E-state index contributed by atoms with van der Waals surface area (Å²) in [5.74, 6) is 1.21. The average Bonchev–Trinajstić information content (AvgIpc) is 2.20. The zero-order valence-corrected chi connectivity index (χ0v) is 12.5. The molecule has 2 rings (SSSR count). The molecule has 0 aromatic carbocycles. The third-order valence-electron chi connectivity index (χ3n) is 4.02. The molecule has 1 saturated heterocycles. The highest BCUT2D eigenvalue weighted by Crippen LogP contribution is 2.36. The number of thioether (sulfide) groups is 1. The van der Waals surface area contributed by atoms with Gasteiger partial charge in [-0.1, -0.05) is 25.6 Å². The Morgan fingerprint density at radius 2 is 1.76 bits per heavy atom. The van der Waals surface area contributed by atoms with Gasteiger partial charge < -0.3 is 5.32 Å². The van der Waals surface area contributed by atoms with Crippen molar-refractivity contribution in [1.82, 2.24) is 5.32 Å². The second kappa shape index (κ2) is 4.83. The van der Waals surface area contributed by atoms with Crippen LogP contribution in [0.5, 0.6) is 0 Å². The van der Waals surface area contributed by atoms with Gasteiger partial charge in [0.1, 0.15) is 0 Å². The molecule has 0 atom stereocenters. The fourth-order valence-electron chi connectivity index (χ4n) is 2.54. The molecule has 1 N–H and O–H groups in total. The molecule has 1 aliphatic heterocycles. The van der Waals surface area contributed by atoms with Crippen LogP contribution in [-0.4, -0.2) is 22.5 Å². The Hall–Kier alpha value is -0.180. The molecular weight excluding hydrogens is 228 g/mol. The molecule has 2 nitrogen and oxygen atoms in total. The van der Waals surface area contributed by atoms with Crippen LogP contribution in [0, 0.1) is 5.41 Å². The quantitative estimate of drug-likeness (QED) is 0.769. The summed E-state index contributed by atoms with van der Waals surface area (Å²) in [6.07, 6.45) is 6.40. The Kier molecular flexibility index (Phi) is 3.77. The van der Waals surface area contributed by atoms with Gasteiger partial charge in [0.05, 0.1) is 6.04 Å². The fraction of sp³-hybridized carbons (Fsp3) is 0.929. The van der Waals surface area contributed by atoms with Gasteiger partial charge >= 0.3 is 0 Å². The van der Waals surface area contributed by atoms with Crippen molar-refractivity contribution < 1.29 is 0 Å². The first-order valence-corrected chi connectivity index (χ1v) is 7.84. The lowest BCUT2D eigenvalue weighted by molar-refractivity contribution is 0.226. The third kappa shape index (κ3) is 3.90. The van der Waals surface area contributed by atoms with E-state index in [2.05, 4.69) is 33.0 Å². The monoisotopic (exact) mass is 254 g/mol. The Morgan fingerprint density at radius 3 is 2.35 bits per heavy atom. The normalized spacial score (nSPS) is 31.2. The standard InChI is InChI=1S/C14H26N2S/c1-13(2)7-5-11(6-8-13)15-12-16-14(3,4)9-10-17-12/h11H,5-10H2,1-4H3,(H,15,16). The SMILES string of the molecule is CC1(C)CCC(N=C2NC(C)(C)CCS2)CC1. The van der Waals surface area contributed by atoms with Crippen molar-refractivity contribution in [2.45, 2.75) is 71.4 Å². The minimum atomic E-state index is 0.234. The topological polar surface area (TPSA) is 24.4 Å². The predicted octanol–water partition coefficient (Wildman–Crippen LogP) is 3.82. The van der Waals surface area contributed by atoms with Gasteiger partial charge in [-0.05, 0) is 51.4 Å². The maximum Gasteiger partial charge on any atom is 0.157 e. The highest BCUT2D eigenvalue weighted by molar-refractivity contribution is 8.13. The molecular formula is C14H26N2S. The summed E-state index contributed by atoms with van der Waals surface area (Å²) in [5, 5.41) is 4.76. The fourth-order valence-corrected chi connectivity index (χ4v) is 3.92. The molecule has 98 valence electrons. The first-order chi connectivity index (χ1) is 7.86. The van der Waals surface area contributed by atoms with Crippen molar-refractivity contribution in [2.24, 2.45) is 10.4 Å². The summed E-state index contributed by atoms with van der Waals surface area (Å²) >= 11 is 1.90. The maximum absolute atomic E-state index is 4.92. The van der Waals surface area contributed by atoms with E-state index in [-0.39, 0.29) is 5.54 Å². The molecule has 0 aromatic heterocycles. The number of hydrogen-bond acceptors (Lipinski definition) is 2. The van der Waals surface area contributed by atoms with Crippen LogP contribution >= 0.6 is 11.8 Å². The number of nitrogens with zero attached hydrogens (tertiary/aromatic N) is 1. The lowest BCUT2D eigenvalue weighted by Gasteiger charge is -2.35. The van der Waals surface area contributed by atoms with Crippen LogP contribution in [0.4, 0.5) is 0 Å². The molecule has 0 radical (unpaired) electrons. The van der Waals surface area contributed by atoms with E-state index in [1.807, 2.05) is 11.8 Å². The van der Waals surface area contributed by atoms with Gasteiger partial charge in [0.25, 0.3) is 0 Å². The molecule has 2 aliphatic rings. The van der Waals surface area contributed by atoms with Crippen molar-refractivity contribution in [2.75, 3.05) is 5.75 Å². The number of aliphatic imine (C=N–C) groups is 1. The largest absolute Gasteiger partial charge is 0.360 e. The zero-order valence-electron chi connectivity index (χ0n) is 11.7. The molecule has 2 fully saturated rings. The Balaban J connectivity index is 1.92. The molecule has 17 heavy (non-hydrogen) atoms. The second-order valence-corrected chi connectivity index (χ2v) is 8.02. The van der Waals surface area contributed by atoms with E-state index in [9.17, 15) is 0 Å². The highest BCUT2D eigenvalue weighted by Gasteiger charge is 2.28. The molecule has 1 aliphatic carbocycles. The second-order valence-electron chi connectivity index (χ2n) is 6.94. The molecule has 0 amide bonds. The molecule has 1 saturated carbocycles. The Bertz CT molecular complexity index is 297. The van der Waals surface area contributed by atoms with Gasteiger partial charge in [-0.25, -0.2) is 0 Å². The summed E-state index contributed by atoms with van der Waals surface area (Å²) in [6.45, 7) is 9.30. The van der Waals surface area contributed by atoms with Gasteiger partial charge in [-0.15, -0.1) is 0 Å². The van der Waals surface area contributed by atoms with Crippen molar-refractivity contribution in [3.05, 3.63) is 0 Å². The summed E-state index contributed by atoms with van der Waals surface area (Å²) < 4.78 is 0. The van der Waals surface area contributed by atoms with Crippen molar-refractivity contribution in [3.63, 3.8) is 0 Å². The number of amidine groups is 1. The minimum absolute atomic E-state index is 0.234. The third-order valence-corrected chi connectivity index (χ3v) is 4.91. The molecule has 0 bridgehead atoms. The molecule has 3 heteroatoms. The summed E-state index contributed by atoms with van der Waals surface area (Å²) in [5.41, 5.74) is 0.779. The number of hydrogen-bond donors (Lipinski definition) is 1. The van der Waals surface area contributed by atoms with Gasteiger partial charge in [0, 0.05) is 11.3 Å². The first kappa shape index (κ1) is 13.3. The molecule has 0 aromatic rings. The Morgan fingerprint density at radius 1 is 1.12 bits per heavy atom. The van der Waals surface area contributed by atoms with Crippen molar-refractivity contribution in [3.8, 4) is 0 Å². The summed E-state index contributed by atoms with van der Waals surface area (Å²) in [4.78, 5) is 4.92. The smallest absolute Gasteiger partial charge is 0.157 e. The van der Waals surface area contributed by atoms with E-state index < -0.39 is 0 Å². The van der Waals surface area contributed by atoms with E-state index >= 15 is 0 Å². The number of nitrogens with one attached hydrogen (secondary N) is 1. The molecule has 1 heterocycles. The van der Waals surface area contributed by atoms with Crippen LogP contribution in [0.15, 0.2) is 4.99 Å². The Labute approximate surface area is 110 Å². The summed E-state index contributed by atoms with van der Waals surface area (Å²) in [6, 6.07) is 0.562. The van der Waals surface area contributed by atoms with E-state index in [1.165, 1.54) is 43.0 Å². The van der Waals surface area contributed by atoms with Gasteiger partial charge in [-0.2, -0.15) is 0 Å². The minimum Gasteiger partial charge on any atom is -0.360 e. The lowest BCUT2D eigenvalue weighted by Crippen LogP contribution is -2.46. The van der Waals surface area contributed by atoms with Crippen LogP contribution in [0.3, 0.4) is 0 Å². The maximum atomic E-state index is 4.92. The van der Waals surface area contributed by atoms with Crippen molar-refractivity contribution >= 4 is 16.9 Å². The van der Waals surface area contributed by atoms with Crippen LogP contribution in [-0.2, 0) is 0 Å². The van der Waals surface area contributed by atoms with E-state index in [0.29, 0.717) is 11.5 Å². The van der Waals surface area contributed by atoms with Gasteiger partial charge in [0.2, 0.25) is 0 Å². The predicted molar refractivity (Wildman–Crippen MR) is 77.8 cm³/mol. The van der Waals surface area contributed by atoms with E-state index in [0.717, 1.165) is 0 Å². The highest BCUT2D eigenvalue weighted by atomic mass is 32.2. The van der Waals surface area contributed by atoms with Gasteiger partial charge in [-0.3, -0.25) is 4.99 Å². The van der Waals surface area contributed by atoms with Crippen LogP contribution in [0.25, 0.3) is 0 Å². The molecule has 0 spiro atoms. The first-order valence-electron chi connectivity index (χ1n) is 6.85. The molecule has 0 unspecified atom stereocenters. The zero-order chi connectivity index (χ0) is 12.5. The van der Waals surface area contributed by atoms with Crippen LogP contribution < -0.4 is 5.32 Å². The van der Waals surface area contributed by atoms with Gasteiger partial charge in [0.15, 0.2) is 5.17 Å². The lowest BCUT2D eigenvalue weighted by atomic mass is 9.76. The van der Waals surface area contributed by atoms with Crippen LogP contribution in [0.2, 0.25) is 0 Å². The average molecular weight is 254 g/mol. The van der Waals surface area contributed by atoms with E-state index in [1.54, 1.807) is 0 Å². The number of rotatable bonds is 1. The van der Waals surface area contributed by atoms with Crippen molar-refractivity contribution in [1.29, 1.82) is 0 Å². The van der Waals surface area contributed by atoms with Crippen LogP contribution in [0.1, 0.15) is 59.8 Å². The summed E-state index contributed by atoms with van der Waals surface area (Å²) in [7, 11) is 0.